The maximum atomic E-state index is 13.0. The summed E-state index contributed by atoms with van der Waals surface area (Å²) in [5, 5.41) is 5.55. The van der Waals surface area contributed by atoms with Gasteiger partial charge in [-0.15, -0.1) is 0 Å². The number of hydrogen-bond donors (Lipinski definition) is 2. The maximum absolute atomic E-state index is 13.0. The monoisotopic (exact) mass is 415 g/mol. The number of nitrogens with zero attached hydrogens (tertiary/aromatic N) is 1. The van der Waals surface area contributed by atoms with E-state index >= 15 is 0 Å². The van der Waals surface area contributed by atoms with Gasteiger partial charge in [0.15, 0.2) is 11.5 Å². The van der Waals surface area contributed by atoms with E-state index in [1.807, 2.05) is 36.4 Å². The van der Waals surface area contributed by atoms with Gasteiger partial charge in [-0.05, 0) is 60.4 Å². The van der Waals surface area contributed by atoms with Gasteiger partial charge in [0, 0.05) is 24.4 Å². The van der Waals surface area contributed by atoms with Crippen molar-refractivity contribution in [1.29, 1.82) is 0 Å². The van der Waals surface area contributed by atoms with Gasteiger partial charge in [-0.1, -0.05) is 18.2 Å². The molecule has 2 aromatic carbocycles. The number of carbonyl (C=O) groups is 2. The van der Waals surface area contributed by atoms with Gasteiger partial charge in [0.25, 0.3) is 5.91 Å². The van der Waals surface area contributed by atoms with Crippen molar-refractivity contribution in [3.8, 4) is 22.6 Å². The lowest BCUT2D eigenvalue weighted by molar-refractivity contribution is -0.118. The lowest BCUT2D eigenvalue weighted by Crippen LogP contribution is -2.28. The average molecular weight is 415 g/mol. The maximum Gasteiger partial charge on any atom is 0.251 e. The van der Waals surface area contributed by atoms with Crippen LogP contribution in [0.2, 0.25) is 0 Å². The first-order valence-corrected chi connectivity index (χ1v) is 10.1. The number of benzene rings is 2. The molecule has 0 bridgehead atoms. The molecule has 0 spiro atoms. The molecule has 0 unspecified atom stereocenters. The van der Waals surface area contributed by atoms with E-state index in [0.717, 1.165) is 29.5 Å². The van der Waals surface area contributed by atoms with Crippen LogP contribution in [-0.4, -0.2) is 30.6 Å². The Morgan fingerprint density at radius 3 is 2.35 bits per heavy atom. The molecule has 3 aromatic rings. The first-order valence-electron chi connectivity index (χ1n) is 10.1. The van der Waals surface area contributed by atoms with Crippen molar-refractivity contribution >= 4 is 17.6 Å². The van der Waals surface area contributed by atoms with Crippen LogP contribution in [0.4, 0.5) is 5.82 Å². The molecule has 1 aliphatic carbocycles. The van der Waals surface area contributed by atoms with Crippen LogP contribution in [0, 0.1) is 0 Å². The van der Waals surface area contributed by atoms with Gasteiger partial charge in [-0.25, -0.2) is 4.98 Å². The highest BCUT2D eigenvalue weighted by molar-refractivity contribution is 6.01. The number of ether oxygens (including phenoxy) is 2. The van der Waals surface area contributed by atoms with Crippen molar-refractivity contribution in [1.82, 2.24) is 10.3 Å². The minimum Gasteiger partial charge on any atom is -0.454 e. The minimum atomic E-state index is -0.545. The Hall–Kier alpha value is -3.87. The summed E-state index contributed by atoms with van der Waals surface area (Å²) in [5.74, 6) is 1.70. The van der Waals surface area contributed by atoms with Crippen molar-refractivity contribution in [2.24, 2.45) is 0 Å². The van der Waals surface area contributed by atoms with Gasteiger partial charge in [0.1, 0.15) is 5.82 Å². The number of amides is 2. The molecular weight excluding hydrogens is 394 g/mol. The van der Waals surface area contributed by atoms with E-state index in [1.54, 1.807) is 31.4 Å². The van der Waals surface area contributed by atoms with E-state index in [0.29, 0.717) is 22.9 Å². The molecule has 7 nitrogen and oxygen atoms in total. The Kier molecular flexibility index (Phi) is 4.58. The highest BCUT2D eigenvalue weighted by atomic mass is 16.7. The smallest absolute Gasteiger partial charge is 0.251 e. The van der Waals surface area contributed by atoms with Crippen LogP contribution in [0.5, 0.6) is 11.5 Å². The second-order valence-electron chi connectivity index (χ2n) is 7.69. The largest absolute Gasteiger partial charge is 0.454 e. The van der Waals surface area contributed by atoms with E-state index in [-0.39, 0.29) is 18.6 Å². The predicted octanol–water partition coefficient (Wildman–Crippen LogP) is 3.51. The number of anilines is 1. The van der Waals surface area contributed by atoms with E-state index in [4.69, 9.17) is 9.47 Å². The Balaban J connectivity index is 1.29. The molecule has 2 heterocycles. The van der Waals surface area contributed by atoms with Crippen LogP contribution in [0.15, 0.2) is 60.8 Å². The molecule has 1 saturated carbocycles. The van der Waals surface area contributed by atoms with Crippen molar-refractivity contribution in [2.75, 3.05) is 19.2 Å². The standard InChI is InChI=1S/C24H21N3O4/c1-25-22(28)16-4-2-15(3-5-16)17-6-9-21(26-13-17)27-23(29)24(10-11-24)18-7-8-19-20(12-18)31-14-30-19/h2-9,12-13H,10-11,14H2,1H3,(H,25,28)(H,26,27,29). The number of pyridine rings is 1. The molecule has 0 saturated heterocycles. The zero-order chi connectivity index (χ0) is 21.4. The molecule has 5 rings (SSSR count). The summed E-state index contributed by atoms with van der Waals surface area (Å²) in [5.41, 5.74) is 2.83. The van der Waals surface area contributed by atoms with Gasteiger partial charge >= 0.3 is 0 Å². The molecule has 0 radical (unpaired) electrons. The molecule has 1 aromatic heterocycles. The topological polar surface area (TPSA) is 89.6 Å². The number of aromatic nitrogens is 1. The second kappa shape index (κ2) is 7.43. The Labute approximate surface area is 179 Å². The molecule has 7 heteroatoms. The first kappa shape index (κ1) is 19.1. The number of fused-ring (bicyclic) bond motifs is 1. The van der Waals surface area contributed by atoms with Crippen molar-refractivity contribution in [3.05, 3.63) is 71.9 Å². The molecule has 1 fully saturated rings. The number of carbonyl (C=O) groups excluding carboxylic acids is 2. The predicted molar refractivity (Wildman–Crippen MR) is 115 cm³/mol. The molecule has 0 atom stereocenters. The summed E-state index contributed by atoms with van der Waals surface area (Å²) in [7, 11) is 1.60. The molecule has 31 heavy (non-hydrogen) atoms. The van der Waals surface area contributed by atoms with Crippen molar-refractivity contribution < 1.29 is 19.1 Å². The van der Waals surface area contributed by atoms with Gasteiger partial charge in [-0.2, -0.15) is 0 Å². The Bertz CT molecular complexity index is 1150. The summed E-state index contributed by atoms with van der Waals surface area (Å²) in [6.45, 7) is 0.211. The fourth-order valence-corrected chi connectivity index (χ4v) is 3.80. The van der Waals surface area contributed by atoms with Crippen LogP contribution in [-0.2, 0) is 10.2 Å². The SMILES string of the molecule is CNC(=O)c1ccc(-c2ccc(NC(=O)C3(c4ccc5c(c4)OCO5)CC3)nc2)cc1. The van der Waals surface area contributed by atoms with Gasteiger partial charge in [-0.3, -0.25) is 9.59 Å². The lowest BCUT2D eigenvalue weighted by atomic mass is 9.94. The van der Waals surface area contributed by atoms with Crippen LogP contribution < -0.4 is 20.1 Å². The van der Waals surface area contributed by atoms with E-state index in [2.05, 4.69) is 15.6 Å². The fraction of sp³-hybridized carbons (Fsp3) is 0.208. The van der Waals surface area contributed by atoms with Crippen LogP contribution in [0.1, 0.15) is 28.8 Å². The molecule has 156 valence electrons. The van der Waals surface area contributed by atoms with Crippen molar-refractivity contribution in [3.63, 3.8) is 0 Å². The van der Waals surface area contributed by atoms with Crippen molar-refractivity contribution in [2.45, 2.75) is 18.3 Å². The number of hydrogen-bond acceptors (Lipinski definition) is 5. The average Bonchev–Trinajstić information content (AvgIpc) is 3.50. The zero-order valence-electron chi connectivity index (χ0n) is 17.0. The Morgan fingerprint density at radius 2 is 1.68 bits per heavy atom. The lowest BCUT2D eigenvalue weighted by Gasteiger charge is -2.16. The van der Waals surface area contributed by atoms with Gasteiger partial charge in [0.2, 0.25) is 12.7 Å². The molecule has 2 amide bonds. The fourth-order valence-electron chi connectivity index (χ4n) is 3.80. The Morgan fingerprint density at radius 1 is 0.935 bits per heavy atom. The third-order valence-electron chi connectivity index (χ3n) is 5.82. The summed E-state index contributed by atoms with van der Waals surface area (Å²) in [6, 6.07) is 16.7. The molecule has 2 N–H and O–H groups in total. The molecule has 1 aliphatic heterocycles. The summed E-state index contributed by atoms with van der Waals surface area (Å²) in [4.78, 5) is 29.1. The summed E-state index contributed by atoms with van der Waals surface area (Å²) >= 11 is 0. The zero-order valence-corrected chi connectivity index (χ0v) is 17.0. The third-order valence-corrected chi connectivity index (χ3v) is 5.82. The quantitative estimate of drug-likeness (QED) is 0.666. The van der Waals surface area contributed by atoms with E-state index in [1.165, 1.54) is 0 Å². The minimum absolute atomic E-state index is 0.0680. The van der Waals surface area contributed by atoms with Crippen LogP contribution >= 0.6 is 0 Å². The van der Waals surface area contributed by atoms with E-state index in [9.17, 15) is 9.59 Å². The van der Waals surface area contributed by atoms with E-state index < -0.39 is 5.41 Å². The third kappa shape index (κ3) is 3.48. The molecular formula is C24H21N3O4. The highest BCUT2D eigenvalue weighted by Crippen LogP contribution is 2.51. The normalized spacial score (nSPS) is 15.3. The second-order valence-corrected chi connectivity index (χ2v) is 7.69. The highest BCUT2D eigenvalue weighted by Gasteiger charge is 2.51. The summed E-state index contributed by atoms with van der Waals surface area (Å²) in [6.07, 6.45) is 3.28. The number of nitrogens with one attached hydrogen (secondary N) is 2. The molecule has 2 aliphatic rings. The summed E-state index contributed by atoms with van der Waals surface area (Å²) < 4.78 is 10.8. The van der Waals surface area contributed by atoms with Crippen LogP contribution in [0.25, 0.3) is 11.1 Å². The first-order chi connectivity index (χ1) is 15.1. The van der Waals surface area contributed by atoms with Gasteiger partial charge in [0.05, 0.1) is 5.41 Å². The van der Waals surface area contributed by atoms with Crippen LogP contribution in [0.3, 0.4) is 0 Å². The van der Waals surface area contributed by atoms with Gasteiger partial charge < -0.3 is 20.1 Å². The number of rotatable bonds is 5.